The summed E-state index contributed by atoms with van der Waals surface area (Å²) in [6.45, 7) is 2.53. The highest BCUT2D eigenvalue weighted by molar-refractivity contribution is 5.76. The van der Waals surface area contributed by atoms with E-state index in [-0.39, 0.29) is 5.92 Å². The summed E-state index contributed by atoms with van der Waals surface area (Å²) >= 11 is 0. The summed E-state index contributed by atoms with van der Waals surface area (Å²) in [5.74, 6) is -0.293. The van der Waals surface area contributed by atoms with Crippen LogP contribution < -0.4 is 0 Å². The maximum atomic E-state index is 12.1. The molecule has 1 fully saturated rings. The fourth-order valence-corrected chi connectivity index (χ4v) is 2.14. The molecule has 1 rings (SSSR count). The molecular weight excluding hydrogens is 261 g/mol. The van der Waals surface area contributed by atoms with E-state index in [0.29, 0.717) is 26.3 Å². The Morgan fingerprint density at radius 1 is 1.42 bits per heavy atom. The molecule has 1 heterocycles. The van der Waals surface area contributed by atoms with Crippen LogP contribution in [-0.2, 0) is 9.53 Å². The van der Waals surface area contributed by atoms with E-state index in [9.17, 15) is 18.0 Å². The van der Waals surface area contributed by atoms with Crippen LogP contribution in [0.1, 0.15) is 12.8 Å². The van der Waals surface area contributed by atoms with Crippen molar-refractivity contribution in [2.75, 3.05) is 46.9 Å². The molecule has 0 bridgehead atoms. The maximum Gasteiger partial charge on any atom is 0.389 e. The van der Waals surface area contributed by atoms with E-state index in [1.807, 2.05) is 19.0 Å². The van der Waals surface area contributed by atoms with Gasteiger partial charge in [-0.1, -0.05) is 0 Å². The van der Waals surface area contributed by atoms with Crippen LogP contribution in [0.2, 0.25) is 0 Å². The van der Waals surface area contributed by atoms with Crippen LogP contribution >= 0.6 is 0 Å². The zero-order valence-electron chi connectivity index (χ0n) is 11.4. The van der Waals surface area contributed by atoms with E-state index < -0.39 is 24.9 Å². The lowest BCUT2D eigenvalue weighted by Crippen LogP contribution is -2.39. The molecular formula is C12H21F3N2O2. The van der Waals surface area contributed by atoms with Crippen LogP contribution in [0.3, 0.4) is 0 Å². The van der Waals surface area contributed by atoms with Crippen molar-refractivity contribution < 1.29 is 22.7 Å². The van der Waals surface area contributed by atoms with E-state index in [1.165, 1.54) is 4.90 Å². The Balaban J connectivity index is 2.48. The number of amides is 1. The molecule has 0 saturated carbocycles. The van der Waals surface area contributed by atoms with E-state index in [2.05, 4.69) is 0 Å². The molecule has 19 heavy (non-hydrogen) atoms. The number of ether oxygens (including phenoxy) is 1. The lowest BCUT2D eigenvalue weighted by molar-refractivity contribution is -0.149. The third kappa shape index (κ3) is 6.77. The first-order chi connectivity index (χ1) is 8.78. The quantitative estimate of drug-likeness (QED) is 0.780. The Labute approximate surface area is 111 Å². The second-order valence-corrected chi connectivity index (χ2v) is 5.16. The van der Waals surface area contributed by atoms with Gasteiger partial charge < -0.3 is 14.5 Å². The molecule has 7 heteroatoms. The Morgan fingerprint density at radius 2 is 2.11 bits per heavy atom. The first-order valence-corrected chi connectivity index (χ1v) is 6.35. The fraction of sp³-hybridized carbons (Fsp3) is 0.917. The second kappa shape index (κ2) is 7.09. The van der Waals surface area contributed by atoms with Crippen molar-refractivity contribution >= 4 is 5.91 Å². The fourth-order valence-electron chi connectivity index (χ4n) is 2.14. The molecule has 1 aliphatic heterocycles. The summed E-state index contributed by atoms with van der Waals surface area (Å²) in [6.07, 6.45) is -5.80. The average molecular weight is 282 g/mol. The topological polar surface area (TPSA) is 32.8 Å². The van der Waals surface area contributed by atoms with Crippen LogP contribution in [0.25, 0.3) is 0 Å². The molecule has 1 amide bonds. The highest BCUT2D eigenvalue weighted by Crippen LogP contribution is 2.22. The average Bonchev–Trinajstić information content (AvgIpc) is 2.49. The third-order valence-electron chi connectivity index (χ3n) is 2.94. The van der Waals surface area contributed by atoms with Crippen molar-refractivity contribution in [3.8, 4) is 0 Å². The van der Waals surface area contributed by atoms with Gasteiger partial charge in [0, 0.05) is 32.0 Å². The lowest BCUT2D eigenvalue weighted by Gasteiger charge is -2.25. The molecule has 0 aliphatic carbocycles. The normalized spacial score (nSPS) is 21.6. The first-order valence-electron chi connectivity index (χ1n) is 6.35. The molecule has 0 N–H and O–H groups in total. The summed E-state index contributed by atoms with van der Waals surface area (Å²) in [7, 11) is 3.83. The number of alkyl halides is 3. The van der Waals surface area contributed by atoms with Crippen molar-refractivity contribution in [2.24, 2.45) is 5.92 Å². The minimum atomic E-state index is -4.28. The number of nitrogens with zero attached hydrogens (tertiary/aromatic N) is 2. The van der Waals surface area contributed by atoms with Crippen molar-refractivity contribution in [1.82, 2.24) is 9.80 Å². The van der Waals surface area contributed by atoms with Gasteiger partial charge in [-0.25, -0.2) is 0 Å². The molecule has 0 radical (unpaired) electrons. The summed E-state index contributed by atoms with van der Waals surface area (Å²) < 4.78 is 41.7. The molecule has 1 aliphatic rings. The minimum absolute atomic E-state index is 0.146. The van der Waals surface area contributed by atoms with E-state index >= 15 is 0 Å². The molecule has 0 spiro atoms. The van der Waals surface area contributed by atoms with E-state index in [0.717, 1.165) is 6.54 Å². The Kier molecular flexibility index (Phi) is 6.06. The Hall–Kier alpha value is -0.820. The van der Waals surface area contributed by atoms with Crippen molar-refractivity contribution in [3.63, 3.8) is 0 Å². The van der Waals surface area contributed by atoms with Gasteiger partial charge in [0.05, 0.1) is 19.6 Å². The van der Waals surface area contributed by atoms with Gasteiger partial charge in [0.1, 0.15) is 0 Å². The lowest BCUT2D eigenvalue weighted by atomic mass is 10.1. The molecule has 0 aromatic rings. The molecule has 0 unspecified atom stereocenters. The number of rotatable bonds is 4. The zero-order valence-corrected chi connectivity index (χ0v) is 11.4. The number of carbonyl (C=O) groups excluding carboxylic acids is 1. The van der Waals surface area contributed by atoms with Gasteiger partial charge in [-0.3, -0.25) is 4.79 Å². The molecule has 1 saturated heterocycles. The zero-order chi connectivity index (χ0) is 14.5. The van der Waals surface area contributed by atoms with Gasteiger partial charge in [-0.2, -0.15) is 13.2 Å². The predicted octanol–water partition coefficient (Wildman–Crippen LogP) is 1.37. The van der Waals surface area contributed by atoms with Crippen LogP contribution in [0.4, 0.5) is 13.2 Å². The van der Waals surface area contributed by atoms with Crippen LogP contribution in [-0.4, -0.2) is 68.8 Å². The summed E-state index contributed by atoms with van der Waals surface area (Å²) in [6, 6.07) is 0. The maximum absolute atomic E-state index is 12.1. The molecule has 1 atom stereocenters. The monoisotopic (exact) mass is 282 g/mol. The molecule has 0 aromatic heterocycles. The molecule has 4 nitrogen and oxygen atoms in total. The van der Waals surface area contributed by atoms with Crippen molar-refractivity contribution in [3.05, 3.63) is 0 Å². The molecule has 0 aromatic carbocycles. The smallest absolute Gasteiger partial charge is 0.379 e. The minimum Gasteiger partial charge on any atom is -0.379 e. The van der Waals surface area contributed by atoms with Crippen LogP contribution in [0, 0.1) is 5.92 Å². The van der Waals surface area contributed by atoms with E-state index in [4.69, 9.17) is 4.74 Å². The number of hydrogen-bond acceptors (Lipinski definition) is 3. The van der Waals surface area contributed by atoms with Crippen molar-refractivity contribution in [2.45, 2.75) is 19.0 Å². The number of halogens is 3. The van der Waals surface area contributed by atoms with Gasteiger partial charge in [0.25, 0.3) is 0 Å². The van der Waals surface area contributed by atoms with Gasteiger partial charge in [0.15, 0.2) is 0 Å². The third-order valence-corrected chi connectivity index (χ3v) is 2.94. The van der Waals surface area contributed by atoms with Gasteiger partial charge >= 0.3 is 6.18 Å². The van der Waals surface area contributed by atoms with Crippen LogP contribution in [0.15, 0.2) is 0 Å². The Bertz CT molecular complexity index is 295. The predicted molar refractivity (Wildman–Crippen MR) is 64.7 cm³/mol. The summed E-state index contributed by atoms with van der Waals surface area (Å²) in [5, 5.41) is 0. The van der Waals surface area contributed by atoms with E-state index in [1.54, 1.807) is 0 Å². The SMILES string of the molecule is CN(C)C[C@@H]1COCCN(C(=O)CCC(F)(F)F)C1. The second-order valence-electron chi connectivity index (χ2n) is 5.16. The summed E-state index contributed by atoms with van der Waals surface area (Å²) in [5.41, 5.74) is 0. The van der Waals surface area contributed by atoms with Crippen molar-refractivity contribution in [1.29, 1.82) is 0 Å². The highest BCUT2D eigenvalue weighted by atomic mass is 19.4. The number of hydrogen-bond donors (Lipinski definition) is 0. The highest BCUT2D eigenvalue weighted by Gasteiger charge is 2.30. The van der Waals surface area contributed by atoms with Gasteiger partial charge in [-0.15, -0.1) is 0 Å². The molecule has 112 valence electrons. The Morgan fingerprint density at radius 3 is 2.68 bits per heavy atom. The van der Waals surface area contributed by atoms with Crippen LogP contribution in [0.5, 0.6) is 0 Å². The standard InChI is InChI=1S/C12H21F3N2O2/c1-16(2)7-10-8-17(5-6-19-9-10)11(18)3-4-12(13,14)15/h10H,3-9H2,1-2H3/t10-/m0/s1. The number of carbonyl (C=O) groups is 1. The van der Waals surface area contributed by atoms with Gasteiger partial charge in [-0.05, 0) is 14.1 Å². The van der Waals surface area contributed by atoms with Gasteiger partial charge in [0.2, 0.25) is 5.91 Å². The largest absolute Gasteiger partial charge is 0.389 e. The first kappa shape index (κ1) is 16.2. The summed E-state index contributed by atoms with van der Waals surface area (Å²) in [4.78, 5) is 15.3.